The van der Waals surface area contributed by atoms with E-state index in [9.17, 15) is 0 Å². The third-order valence-electron chi connectivity index (χ3n) is 7.01. The molecule has 0 aliphatic heterocycles. The molecular formula is C36H26. The Morgan fingerprint density at radius 2 is 0.944 bits per heavy atom. The highest BCUT2D eigenvalue weighted by atomic mass is 14.1. The van der Waals surface area contributed by atoms with Crippen molar-refractivity contribution in [3.05, 3.63) is 152 Å². The molecule has 0 atom stereocenters. The second-order valence-corrected chi connectivity index (χ2v) is 9.07. The summed E-state index contributed by atoms with van der Waals surface area (Å²) in [6.45, 7) is 7.73. The number of benzene rings is 6. The summed E-state index contributed by atoms with van der Waals surface area (Å²) in [4.78, 5) is 0. The number of allylic oxidation sites excluding steroid dienone is 4. The van der Waals surface area contributed by atoms with Gasteiger partial charge < -0.3 is 0 Å². The Morgan fingerprint density at radius 3 is 1.53 bits per heavy atom. The van der Waals surface area contributed by atoms with Gasteiger partial charge in [-0.3, -0.25) is 0 Å². The number of hydrogen-bond acceptors (Lipinski definition) is 0. The van der Waals surface area contributed by atoms with E-state index in [0.29, 0.717) is 0 Å². The van der Waals surface area contributed by atoms with Gasteiger partial charge in [0.1, 0.15) is 0 Å². The smallest absolute Gasteiger partial charge is 0.00928 e. The second-order valence-electron chi connectivity index (χ2n) is 9.07. The van der Waals surface area contributed by atoms with Crippen LogP contribution in [0.5, 0.6) is 0 Å². The molecule has 0 heteroatoms. The fourth-order valence-corrected chi connectivity index (χ4v) is 5.23. The summed E-state index contributed by atoms with van der Waals surface area (Å²) in [6, 6.07) is 41.8. The van der Waals surface area contributed by atoms with Gasteiger partial charge in [-0.05, 0) is 77.8 Å². The molecule has 0 unspecified atom stereocenters. The van der Waals surface area contributed by atoms with Gasteiger partial charge >= 0.3 is 0 Å². The molecule has 0 heterocycles. The van der Waals surface area contributed by atoms with E-state index in [0.717, 1.165) is 11.1 Å². The average Bonchev–Trinajstić information content (AvgIpc) is 2.96. The van der Waals surface area contributed by atoms with Crippen LogP contribution in [-0.4, -0.2) is 0 Å². The zero-order chi connectivity index (χ0) is 24.5. The molecule has 0 aromatic heterocycles. The van der Waals surface area contributed by atoms with E-state index in [4.69, 9.17) is 0 Å². The fraction of sp³-hybridized carbons (Fsp3) is 0. The summed E-state index contributed by atoms with van der Waals surface area (Å²) in [5, 5.41) is 7.80. The van der Waals surface area contributed by atoms with Crippen molar-refractivity contribution in [1.82, 2.24) is 0 Å². The van der Waals surface area contributed by atoms with Crippen LogP contribution in [0.4, 0.5) is 0 Å². The standard InChI is InChI=1S/C36H26/c1-3-10-25(4-2)26-17-19-27(20-18-26)28-11-9-12-29(23-28)30-21-22-35-33-15-6-5-13-31(33)32-14-7-8-16-34(32)36(35)24-30/h3-24H,1-2H2/b25-10+. The minimum absolute atomic E-state index is 1.07. The highest BCUT2D eigenvalue weighted by molar-refractivity contribution is 6.25. The van der Waals surface area contributed by atoms with Crippen molar-refractivity contribution in [3.63, 3.8) is 0 Å². The largest absolute Gasteiger partial charge is 0.0990 e. The monoisotopic (exact) mass is 458 g/mol. The Labute approximate surface area is 212 Å². The van der Waals surface area contributed by atoms with Gasteiger partial charge in [0.2, 0.25) is 0 Å². The van der Waals surface area contributed by atoms with E-state index < -0.39 is 0 Å². The molecular weight excluding hydrogens is 432 g/mol. The van der Waals surface area contributed by atoms with E-state index in [2.05, 4.69) is 128 Å². The topological polar surface area (TPSA) is 0 Å². The van der Waals surface area contributed by atoms with Crippen molar-refractivity contribution < 1.29 is 0 Å². The van der Waals surface area contributed by atoms with Crippen molar-refractivity contribution in [2.45, 2.75) is 0 Å². The van der Waals surface area contributed by atoms with Crippen molar-refractivity contribution in [3.8, 4) is 22.3 Å². The Morgan fingerprint density at radius 1 is 0.444 bits per heavy atom. The molecule has 6 aromatic carbocycles. The molecule has 0 bridgehead atoms. The van der Waals surface area contributed by atoms with Gasteiger partial charge in [0.05, 0.1) is 0 Å². The predicted octanol–water partition coefficient (Wildman–Crippen LogP) is 10.2. The second kappa shape index (κ2) is 9.17. The summed E-state index contributed by atoms with van der Waals surface area (Å²) in [5.41, 5.74) is 7.05. The molecule has 0 fully saturated rings. The Kier molecular flexibility index (Phi) is 5.56. The first-order valence-corrected chi connectivity index (χ1v) is 12.3. The highest BCUT2D eigenvalue weighted by Gasteiger charge is 2.10. The molecule has 0 nitrogen and oxygen atoms in total. The molecule has 0 saturated carbocycles. The van der Waals surface area contributed by atoms with Gasteiger partial charge in [-0.2, -0.15) is 0 Å². The minimum Gasteiger partial charge on any atom is -0.0990 e. The Balaban J connectivity index is 1.46. The van der Waals surface area contributed by atoms with Crippen molar-refractivity contribution in [2.24, 2.45) is 0 Å². The lowest BCUT2D eigenvalue weighted by atomic mass is 9.91. The van der Waals surface area contributed by atoms with Crippen LogP contribution in [0, 0.1) is 0 Å². The normalized spacial score (nSPS) is 11.7. The van der Waals surface area contributed by atoms with Gasteiger partial charge in [0, 0.05) is 0 Å². The first-order chi connectivity index (χ1) is 17.8. The summed E-state index contributed by atoms with van der Waals surface area (Å²) < 4.78 is 0. The van der Waals surface area contributed by atoms with Crippen LogP contribution in [0.3, 0.4) is 0 Å². The van der Waals surface area contributed by atoms with E-state index in [1.807, 2.05) is 12.2 Å². The number of fused-ring (bicyclic) bond motifs is 6. The Bertz CT molecular complexity index is 1760. The lowest BCUT2D eigenvalue weighted by Gasteiger charge is -2.12. The van der Waals surface area contributed by atoms with Crippen molar-refractivity contribution in [1.29, 1.82) is 0 Å². The maximum absolute atomic E-state index is 3.92. The van der Waals surface area contributed by atoms with Crippen LogP contribution in [0.15, 0.2) is 147 Å². The van der Waals surface area contributed by atoms with Gasteiger partial charge in [-0.1, -0.05) is 135 Å². The van der Waals surface area contributed by atoms with Crippen molar-refractivity contribution >= 4 is 37.9 Å². The number of hydrogen-bond donors (Lipinski definition) is 0. The summed E-state index contributed by atoms with van der Waals surface area (Å²) in [5.74, 6) is 0. The van der Waals surface area contributed by atoms with Gasteiger partial charge in [-0.15, -0.1) is 0 Å². The van der Waals surface area contributed by atoms with Crippen LogP contribution >= 0.6 is 0 Å². The summed E-state index contributed by atoms with van der Waals surface area (Å²) in [7, 11) is 0. The van der Waals surface area contributed by atoms with E-state index in [1.165, 1.54) is 54.6 Å². The zero-order valence-electron chi connectivity index (χ0n) is 20.1. The molecule has 6 aromatic rings. The third kappa shape index (κ3) is 3.74. The predicted molar refractivity (Wildman–Crippen MR) is 158 cm³/mol. The van der Waals surface area contributed by atoms with E-state index >= 15 is 0 Å². The summed E-state index contributed by atoms with van der Waals surface area (Å²) in [6.07, 6.45) is 5.64. The summed E-state index contributed by atoms with van der Waals surface area (Å²) >= 11 is 0. The molecule has 0 aliphatic carbocycles. The van der Waals surface area contributed by atoms with Gasteiger partial charge in [0.25, 0.3) is 0 Å². The van der Waals surface area contributed by atoms with Gasteiger partial charge in [-0.25, -0.2) is 0 Å². The van der Waals surface area contributed by atoms with E-state index in [-0.39, 0.29) is 0 Å². The van der Waals surface area contributed by atoms with Crippen LogP contribution in [0.2, 0.25) is 0 Å². The molecule has 170 valence electrons. The van der Waals surface area contributed by atoms with Gasteiger partial charge in [0.15, 0.2) is 0 Å². The first kappa shape index (κ1) is 21.8. The molecule has 0 amide bonds. The Hall–Kier alpha value is -4.68. The average molecular weight is 459 g/mol. The fourth-order valence-electron chi connectivity index (χ4n) is 5.23. The van der Waals surface area contributed by atoms with Crippen LogP contribution in [-0.2, 0) is 0 Å². The lowest BCUT2D eigenvalue weighted by Crippen LogP contribution is -1.86. The first-order valence-electron chi connectivity index (χ1n) is 12.3. The molecule has 0 radical (unpaired) electrons. The molecule has 0 saturated heterocycles. The molecule has 6 rings (SSSR count). The SMILES string of the molecule is C=C/C=C(\C=C)c1ccc(-c2cccc(-c3ccc4c5ccccc5c5ccccc5c4c3)c2)cc1. The highest BCUT2D eigenvalue weighted by Crippen LogP contribution is 2.37. The van der Waals surface area contributed by atoms with Crippen molar-refractivity contribution in [2.75, 3.05) is 0 Å². The van der Waals surface area contributed by atoms with E-state index in [1.54, 1.807) is 6.08 Å². The molecule has 0 aliphatic rings. The maximum atomic E-state index is 3.92. The number of rotatable bonds is 5. The maximum Gasteiger partial charge on any atom is -0.00928 e. The zero-order valence-corrected chi connectivity index (χ0v) is 20.1. The molecule has 0 spiro atoms. The quantitative estimate of drug-likeness (QED) is 0.178. The van der Waals surface area contributed by atoms with Crippen LogP contribution < -0.4 is 0 Å². The molecule has 36 heavy (non-hydrogen) atoms. The van der Waals surface area contributed by atoms with Crippen LogP contribution in [0.25, 0.3) is 60.1 Å². The molecule has 0 N–H and O–H groups in total. The lowest BCUT2D eigenvalue weighted by molar-refractivity contribution is 1.57. The minimum atomic E-state index is 1.07. The third-order valence-corrected chi connectivity index (χ3v) is 7.01. The van der Waals surface area contributed by atoms with Crippen LogP contribution in [0.1, 0.15) is 5.56 Å².